The van der Waals surface area contributed by atoms with Crippen LogP contribution in [0, 0.1) is 0 Å². The molecule has 6 nitrogen and oxygen atoms in total. The van der Waals surface area contributed by atoms with E-state index in [9.17, 15) is 4.79 Å². The number of anilines is 1. The van der Waals surface area contributed by atoms with Crippen molar-refractivity contribution in [1.29, 1.82) is 0 Å². The van der Waals surface area contributed by atoms with Crippen LogP contribution in [0.5, 0.6) is 0 Å². The van der Waals surface area contributed by atoms with Crippen molar-refractivity contribution in [3.63, 3.8) is 0 Å². The molecule has 0 atom stereocenters. The first-order valence-corrected chi connectivity index (χ1v) is 6.21. The topological polar surface area (TPSA) is 50.6 Å². The van der Waals surface area contributed by atoms with Gasteiger partial charge in [0.1, 0.15) is 0 Å². The largest absolute Gasteiger partial charge is 0.379 e. The van der Waals surface area contributed by atoms with Crippen LogP contribution in [0.2, 0.25) is 0 Å². The quantitative estimate of drug-likeness (QED) is 0.732. The normalized spacial score (nSPS) is 16.8. The number of hydrogen-bond donors (Lipinski definition) is 0. The van der Waals surface area contributed by atoms with Crippen molar-refractivity contribution < 1.29 is 4.74 Å². The van der Waals surface area contributed by atoms with E-state index in [1.807, 2.05) is 19.0 Å². The zero-order valence-electron chi connectivity index (χ0n) is 11.0. The van der Waals surface area contributed by atoms with Gasteiger partial charge in [-0.05, 0) is 0 Å². The van der Waals surface area contributed by atoms with Crippen LogP contribution in [0.15, 0.2) is 17.1 Å². The van der Waals surface area contributed by atoms with Crippen LogP contribution in [-0.4, -0.2) is 61.6 Å². The minimum Gasteiger partial charge on any atom is -0.379 e. The molecule has 1 aliphatic rings. The van der Waals surface area contributed by atoms with Gasteiger partial charge >= 0.3 is 0 Å². The molecule has 0 saturated carbocycles. The maximum atomic E-state index is 11.8. The highest BCUT2D eigenvalue weighted by atomic mass is 16.5. The SMILES string of the molecule is CN(C)c1cnn(CCN2CCOCC2)c(=O)c1. The van der Waals surface area contributed by atoms with Gasteiger partial charge in [-0.15, -0.1) is 0 Å². The van der Waals surface area contributed by atoms with Crippen molar-refractivity contribution in [2.75, 3.05) is 51.8 Å². The molecular formula is C12H20N4O2. The maximum absolute atomic E-state index is 11.8. The summed E-state index contributed by atoms with van der Waals surface area (Å²) in [6.07, 6.45) is 1.72. The van der Waals surface area contributed by atoms with Crippen LogP contribution >= 0.6 is 0 Å². The standard InChI is InChI=1S/C12H20N4O2/c1-14(2)11-9-12(17)16(13-10-11)4-3-15-5-7-18-8-6-15/h9-10H,3-8H2,1-2H3. The Kier molecular flexibility index (Phi) is 4.33. The highest BCUT2D eigenvalue weighted by Crippen LogP contribution is 2.03. The molecule has 100 valence electrons. The Hall–Kier alpha value is -1.40. The third-order valence-electron chi connectivity index (χ3n) is 3.10. The van der Waals surface area contributed by atoms with E-state index in [1.165, 1.54) is 4.68 Å². The van der Waals surface area contributed by atoms with Gasteiger partial charge in [0.25, 0.3) is 5.56 Å². The summed E-state index contributed by atoms with van der Waals surface area (Å²) in [4.78, 5) is 16.0. The molecule has 18 heavy (non-hydrogen) atoms. The minimum absolute atomic E-state index is 0.0468. The number of ether oxygens (including phenoxy) is 1. The summed E-state index contributed by atoms with van der Waals surface area (Å²) < 4.78 is 6.80. The van der Waals surface area contributed by atoms with Gasteiger partial charge in [0.2, 0.25) is 0 Å². The van der Waals surface area contributed by atoms with Gasteiger partial charge in [-0.1, -0.05) is 0 Å². The molecule has 1 aromatic heterocycles. The highest BCUT2D eigenvalue weighted by Gasteiger charge is 2.10. The Labute approximate surface area is 107 Å². The van der Waals surface area contributed by atoms with Crippen molar-refractivity contribution >= 4 is 5.69 Å². The second kappa shape index (κ2) is 5.97. The summed E-state index contributed by atoms with van der Waals surface area (Å²) in [6, 6.07) is 1.62. The highest BCUT2D eigenvalue weighted by molar-refractivity contribution is 5.40. The Morgan fingerprint density at radius 3 is 2.67 bits per heavy atom. The summed E-state index contributed by atoms with van der Waals surface area (Å²) in [5, 5.41) is 4.19. The number of rotatable bonds is 4. The molecule has 0 aliphatic carbocycles. The number of morpholine rings is 1. The van der Waals surface area contributed by atoms with E-state index in [1.54, 1.807) is 12.3 Å². The smallest absolute Gasteiger partial charge is 0.268 e. The average molecular weight is 252 g/mol. The average Bonchev–Trinajstić information content (AvgIpc) is 2.38. The Morgan fingerprint density at radius 2 is 2.06 bits per heavy atom. The lowest BCUT2D eigenvalue weighted by molar-refractivity contribution is 0.0358. The third kappa shape index (κ3) is 3.30. The molecule has 2 rings (SSSR count). The van der Waals surface area contributed by atoms with E-state index < -0.39 is 0 Å². The fourth-order valence-corrected chi connectivity index (χ4v) is 1.90. The monoisotopic (exact) mass is 252 g/mol. The molecule has 0 spiro atoms. The number of aromatic nitrogens is 2. The van der Waals surface area contributed by atoms with Crippen LogP contribution in [0.4, 0.5) is 5.69 Å². The van der Waals surface area contributed by atoms with Crippen molar-refractivity contribution in [3.8, 4) is 0 Å². The molecule has 6 heteroatoms. The van der Waals surface area contributed by atoms with Crippen LogP contribution in [0.3, 0.4) is 0 Å². The molecule has 0 N–H and O–H groups in total. The number of nitrogens with zero attached hydrogens (tertiary/aromatic N) is 4. The molecule has 0 radical (unpaired) electrons. The zero-order valence-corrected chi connectivity index (χ0v) is 11.0. The molecule has 1 aliphatic heterocycles. The molecule has 1 aromatic rings. The molecule has 1 saturated heterocycles. The summed E-state index contributed by atoms with van der Waals surface area (Å²) in [6.45, 7) is 4.91. The second-order valence-electron chi connectivity index (χ2n) is 4.62. The maximum Gasteiger partial charge on any atom is 0.268 e. The van der Waals surface area contributed by atoms with Crippen molar-refractivity contribution in [1.82, 2.24) is 14.7 Å². The fraction of sp³-hybridized carbons (Fsp3) is 0.667. The second-order valence-corrected chi connectivity index (χ2v) is 4.62. The molecule has 0 unspecified atom stereocenters. The molecule has 0 amide bonds. The lowest BCUT2D eigenvalue weighted by Crippen LogP contribution is -2.39. The van der Waals surface area contributed by atoms with E-state index in [2.05, 4.69) is 10.00 Å². The lowest BCUT2D eigenvalue weighted by atomic mass is 10.4. The number of hydrogen-bond acceptors (Lipinski definition) is 5. The van der Waals surface area contributed by atoms with E-state index >= 15 is 0 Å². The molecule has 2 heterocycles. The Morgan fingerprint density at radius 1 is 1.33 bits per heavy atom. The molecule has 0 bridgehead atoms. The van der Waals surface area contributed by atoms with Crippen LogP contribution in [0.1, 0.15) is 0 Å². The van der Waals surface area contributed by atoms with Gasteiger partial charge in [0.15, 0.2) is 0 Å². The van der Waals surface area contributed by atoms with E-state index in [0.717, 1.165) is 38.5 Å². The van der Waals surface area contributed by atoms with Gasteiger partial charge in [0.05, 0.1) is 31.6 Å². The van der Waals surface area contributed by atoms with Crippen LogP contribution < -0.4 is 10.5 Å². The first kappa shape index (κ1) is 13.0. The first-order valence-electron chi connectivity index (χ1n) is 6.21. The van der Waals surface area contributed by atoms with Crippen molar-refractivity contribution in [3.05, 3.63) is 22.6 Å². The fourth-order valence-electron chi connectivity index (χ4n) is 1.90. The summed E-state index contributed by atoms with van der Waals surface area (Å²) in [7, 11) is 3.79. The van der Waals surface area contributed by atoms with Gasteiger partial charge < -0.3 is 9.64 Å². The van der Waals surface area contributed by atoms with Gasteiger partial charge in [-0.2, -0.15) is 5.10 Å². The molecule has 1 fully saturated rings. The molecular weight excluding hydrogens is 232 g/mol. The van der Waals surface area contributed by atoms with Crippen molar-refractivity contribution in [2.24, 2.45) is 0 Å². The van der Waals surface area contributed by atoms with E-state index in [-0.39, 0.29) is 5.56 Å². The van der Waals surface area contributed by atoms with E-state index in [0.29, 0.717) is 6.54 Å². The predicted octanol–water partition coefficient (Wildman–Crippen LogP) is -0.358. The van der Waals surface area contributed by atoms with Crippen molar-refractivity contribution in [2.45, 2.75) is 6.54 Å². The summed E-state index contributed by atoms with van der Waals surface area (Å²) in [5.74, 6) is 0. The Bertz CT molecular complexity index is 438. The summed E-state index contributed by atoms with van der Waals surface area (Å²) >= 11 is 0. The van der Waals surface area contributed by atoms with Gasteiger partial charge in [0, 0.05) is 39.8 Å². The van der Waals surface area contributed by atoms with Gasteiger partial charge in [-0.3, -0.25) is 9.69 Å². The minimum atomic E-state index is -0.0468. The zero-order chi connectivity index (χ0) is 13.0. The van der Waals surface area contributed by atoms with Crippen LogP contribution in [0.25, 0.3) is 0 Å². The van der Waals surface area contributed by atoms with Crippen LogP contribution in [-0.2, 0) is 11.3 Å². The molecule has 0 aromatic carbocycles. The first-order chi connectivity index (χ1) is 8.66. The Balaban J connectivity index is 1.95. The predicted molar refractivity (Wildman–Crippen MR) is 70.1 cm³/mol. The third-order valence-corrected chi connectivity index (χ3v) is 3.10. The van der Waals surface area contributed by atoms with E-state index in [4.69, 9.17) is 4.74 Å². The summed E-state index contributed by atoms with van der Waals surface area (Å²) in [5.41, 5.74) is 0.789. The van der Waals surface area contributed by atoms with Gasteiger partial charge in [-0.25, -0.2) is 4.68 Å². The lowest BCUT2D eigenvalue weighted by Gasteiger charge is -2.26.